The highest BCUT2D eigenvalue weighted by molar-refractivity contribution is 9.10. The van der Waals surface area contributed by atoms with Gasteiger partial charge in [0.25, 0.3) is 17.7 Å². The number of aryl methyl sites for hydroxylation is 1. The molecule has 0 aliphatic heterocycles. The van der Waals surface area contributed by atoms with E-state index in [9.17, 15) is 14.4 Å². The van der Waals surface area contributed by atoms with Gasteiger partial charge in [0.05, 0.1) is 5.02 Å². The number of rotatable bonds is 4. The number of anilines is 1. The number of amides is 3. The van der Waals surface area contributed by atoms with Crippen LogP contribution in [0.25, 0.3) is 10.1 Å². The molecule has 0 spiro atoms. The topological polar surface area (TPSA) is 87.3 Å². The van der Waals surface area contributed by atoms with E-state index in [0.717, 1.165) is 20.1 Å². The Balaban J connectivity index is 1.37. The molecule has 0 saturated carbocycles. The fourth-order valence-electron chi connectivity index (χ4n) is 3.07. The number of benzene rings is 3. The third-order valence-corrected chi connectivity index (χ3v) is 6.98. The van der Waals surface area contributed by atoms with E-state index in [-0.39, 0.29) is 5.91 Å². The number of halogens is 2. The van der Waals surface area contributed by atoms with Gasteiger partial charge < -0.3 is 5.32 Å². The van der Waals surface area contributed by atoms with E-state index in [4.69, 9.17) is 11.6 Å². The van der Waals surface area contributed by atoms with Crippen LogP contribution in [0.4, 0.5) is 5.69 Å². The lowest BCUT2D eigenvalue weighted by atomic mass is 10.1. The predicted octanol–water partition coefficient (Wildman–Crippen LogP) is 5.95. The molecule has 4 aromatic rings. The SMILES string of the molecule is Cc1ccc2c(Cl)c(C(=O)NNC(=O)c3ccc(NC(=O)c4ccc(Br)cc4)cc3)sc2c1. The van der Waals surface area contributed by atoms with Crippen LogP contribution in [-0.2, 0) is 0 Å². The third-order valence-electron chi connectivity index (χ3n) is 4.79. The van der Waals surface area contributed by atoms with Crippen molar-refractivity contribution in [3.8, 4) is 0 Å². The smallest absolute Gasteiger partial charge is 0.281 e. The highest BCUT2D eigenvalue weighted by Crippen LogP contribution is 2.35. The van der Waals surface area contributed by atoms with Crippen molar-refractivity contribution in [2.45, 2.75) is 6.92 Å². The normalized spacial score (nSPS) is 10.6. The first-order chi connectivity index (χ1) is 15.8. The summed E-state index contributed by atoms with van der Waals surface area (Å²) in [5.41, 5.74) is 7.22. The molecule has 0 aliphatic rings. The summed E-state index contributed by atoms with van der Waals surface area (Å²) in [5, 5.41) is 3.92. The maximum absolute atomic E-state index is 12.5. The van der Waals surface area contributed by atoms with Crippen molar-refractivity contribution in [3.63, 3.8) is 0 Å². The molecule has 166 valence electrons. The van der Waals surface area contributed by atoms with Crippen LogP contribution < -0.4 is 16.2 Å². The number of carbonyl (C=O) groups is 3. The molecule has 9 heteroatoms. The van der Waals surface area contributed by atoms with Crippen LogP contribution >= 0.6 is 38.9 Å². The molecule has 0 bridgehead atoms. The van der Waals surface area contributed by atoms with Gasteiger partial charge in [0, 0.05) is 31.4 Å². The number of carbonyl (C=O) groups excluding carboxylic acids is 3. The average molecular weight is 543 g/mol. The third kappa shape index (κ3) is 5.24. The molecule has 6 nitrogen and oxygen atoms in total. The second kappa shape index (κ2) is 9.74. The van der Waals surface area contributed by atoms with Crippen LogP contribution in [0.15, 0.2) is 71.2 Å². The van der Waals surface area contributed by atoms with Gasteiger partial charge in [-0.3, -0.25) is 25.2 Å². The lowest BCUT2D eigenvalue weighted by Gasteiger charge is -2.08. The van der Waals surface area contributed by atoms with Crippen LogP contribution in [-0.4, -0.2) is 17.7 Å². The summed E-state index contributed by atoms with van der Waals surface area (Å²) in [6, 6.07) is 19.0. The first-order valence-electron chi connectivity index (χ1n) is 9.78. The number of thiophene rings is 1. The zero-order valence-electron chi connectivity index (χ0n) is 17.2. The zero-order chi connectivity index (χ0) is 23.5. The summed E-state index contributed by atoms with van der Waals surface area (Å²) in [5.74, 6) is -1.25. The lowest BCUT2D eigenvalue weighted by molar-refractivity contribution is 0.0849. The second-order valence-electron chi connectivity index (χ2n) is 7.19. The highest BCUT2D eigenvalue weighted by Gasteiger charge is 2.18. The van der Waals surface area contributed by atoms with E-state index >= 15 is 0 Å². The summed E-state index contributed by atoms with van der Waals surface area (Å²) in [6.45, 7) is 1.96. The molecule has 0 atom stereocenters. The Kier molecular flexibility index (Phi) is 6.78. The molecular formula is C24H17BrClN3O3S. The Hall–Kier alpha value is -3.20. The zero-order valence-corrected chi connectivity index (χ0v) is 20.4. The van der Waals surface area contributed by atoms with Crippen molar-refractivity contribution < 1.29 is 14.4 Å². The summed E-state index contributed by atoms with van der Waals surface area (Å²) in [7, 11) is 0. The van der Waals surface area contributed by atoms with Gasteiger partial charge in [-0.15, -0.1) is 11.3 Å². The van der Waals surface area contributed by atoms with E-state index < -0.39 is 11.8 Å². The minimum absolute atomic E-state index is 0.262. The summed E-state index contributed by atoms with van der Waals surface area (Å²) in [4.78, 5) is 37.6. The number of hydrogen-bond acceptors (Lipinski definition) is 4. The van der Waals surface area contributed by atoms with E-state index in [1.165, 1.54) is 11.3 Å². The van der Waals surface area contributed by atoms with Gasteiger partial charge in [-0.25, -0.2) is 0 Å². The van der Waals surface area contributed by atoms with E-state index in [1.54, 1.807) is 48.5 Å². The molecule has 3 aromatic carbocycles. The quantitative estimate of drug-likeness (QED) is 0.278. The van der Waals surface area contributed by atoms with Crippen LogP contribution in [0, 0.1) is 6.92 Å². The minimum atomic E-state index is -0.498. The maximum Gasteiger partial charge on any atom is 0.281 e. The minimum Gasteiger partial charge on any atom is -0.322 e. The van der Waals surface area contributed by atoms with Crippen molar-refractivity contribution in [2.24, 2.45) is 0 Å². The molecule has 0 unspecified atom stereocenters. The van der Waals surface area contributed by atoms with Crippen LogP contribution in [0.3, 0.4) is 0 Å². The van der Waals surface area contributed by atoms with Crippen LogP contribution in [0.1, 0.15) is 36.0 Å². The molecule has 4 rings (SSSR count). The summed E-state index contributed by atoms with van der Waals surface area (Å²) in [6.07, 6.45) is 0. The van der Waals surface area contributed by atoms with Gasteiger partial charge in [0.15, 0.2) is 0 Å². The van der Waals surface area contributed by atoms with E-state index in [1.807, 2.05) is 25.1 Å². The first-order valence-corrected chi connectivity index (χ1v) is 11.8. The fourth-order valence-corrected chi connectivity index (χ4v) is 4.85. The van der Waals surface area contributed by atoms with Crippen LogP contribution in [0.2, 0.25) is 5.02 Å². The number of hydrogen-bond donors (Lipinski definition) is 3. The van der Waals surface area contributed by atoms with Gasteiger partial charge in [0.2, 0.25) is 0 Å². The number of fused-ring (bicyclic) bond motifs is 1. The Morgan fingerprint density at radius 1 is 0.818 bits per heavy atom. The molecule has 3 N–H and O–H groups in total. The summed E-state index contributed by atoms with van der Waals surface area (Å²) >= 11 is 10.9. The van der Waals surface area contributed by atoms with Crippen molar-refractivity contribution in [3.05, 3.63) is 97.8 Å². The molecule has 1 heterocycles. The van der Waals surface area contributed by atoms with Crippen LogP contribution in [0.5, 0.6) is 0 Å². The molecular weight excluding hydrogens is 526 g/mol. The Labute approximate surface area is 207 Å². The number of hydrazine groups is 1. The summed E-state index contributed by atoms with van der Waals surface area (Å²) < 4.78 is 1.78. The lowest BCUT2D eigenvalue weighted by Crippen LogP contribution is -2.41. The highest BCUT2D eigenvalue weighted by atomic mass is 79.9. The largest absolute Gasteiger partial charge is 0.322 e. The van der Waals surface area contributed by atoms with Crippen molar-refractivity contribution in [1.82, 2.24) is 10.9 Å². The maximum atomic E-state index is 12.5. The standard InChI is InChI=1S/C24H17BrClN3O3S/c1-13-2-11-18-19(12-13)33-21(20(18)26)24(32)29-28-23(31)15-5-9-17(10-6-15)27-22(30)14-3-7-16(25)8-4-14/h2-12H,1H3,(H,27,30)(H,28,31)(H,29,32). The Morgan fingerprint density at radius 2 is 1.42 bits per heavy atom. The van der Waals surface area contributed by atoms with Crippen molar-refractivity contribution in [1.29, 1.82) is 0 Å². The van der Waals surface area contributed by atoms with Gasteiger partial charge in [-0.1, -0.05) is 39.7 Å². The van der Waals surface area contributed by atoms with Gasteiger partial charge in [-0.2, -0.15) is 0 Å². The molecule has 0 saturated heterocycles. The Bertz CT molecular complexity index is 1370. The average Bonchev–Trinajstić information content (AvgIpc) is 3.13. The molecule has 1 aromatic heterocycles. The molecule has 0 aliphatic carbocycles. The van der Waals surface area contributed by atoms with E-state index in [0.29, 0.717) is 26.7 Å². The molecule has 0 radical (unpaired) electrons. The Morgan fingerprint density at radius 3 is 2.12 bits per heavy atom. The van der Waals surface area contributed by atoms with Gasteiger partial charge in [-0.05, 0) is 67.1 Å². The van der Waals surface area contributed by atoms with Crippen molar-refractivity contribution >= 4 is 72.4 Å². The molecule has 33 heavy (non-hydrogen) atoms. The van der Waals surface area contributed by atoms with Gasteiger partial charge >= 0.3 is 0 Å². The molecule has 0 fully saturated rings. The van der Waals surface area contributed by atoms with Gasteiger partial charge in [0.1, 0.15) is 4.88 Å². The van der Waals surface area contributed by atoms with Crippen molar-refractivity contribution in [2.75, 3.05) is 5.32 Å². The van der Waals surface area contributed by atoms with E-state index in [2.05, 4.69) is 32.1 Å². The fraction of sp³-hybridized carbons (Fsp3) is 0.0417. The first kappa shape index (κ1) is 23.0. The monoisotopic (exact) mass is 541 g/mol. The second-order valence-corrected chi connectivity index (χ2v) is 9.54. The molecule has 3 amide bonds. The number of nitrogens with one attached hydrogen (secondary N) is 3. The predicted molar refractivity (Wildman–Crippen MR) is 135 cm³/mol.